The molecule has 4 atom stereocenters. The van der Waals surface area contributed by atoms with Gasteiger partial charge in [-0.25, -0.2) is 0 Å². The van der Waals surface area contributed by atoms with Gasteiger partial charge in [0.1, 0.15) is 0 Å². The summed E-state index contributed by atoms with van der Waals surface area (Å²) in [4.78, 5) is 4.41. The first-order valence-corrected chi connectivity index (χ1v) is 5.99. The Bertz CT molecular complexity index is 363. The van der Waals surface area contributed by atoms with Gasteiger partial charge in [0.05, 0.1) is 6.04 Å². The van der Waals surface area contributed by atoms with Crippen LogP contribution in [0.2, 0.25) is 0 Å². The van der Waals surface area contributed by atoms with Gasteiger partial charge in [-0.1, -0.05) is 36.8 Å². The molecule has 0 bridgehead atoms. The molecular weight excluding hydrogens is 196 g/mol. The van der Waals surface area contributed by atoms with Crippen molar-refractivity contribution in [3.63, 3.8) is 0 Å². The lowest BCUT2D eigenvalue weighted by Gasteiger charge is -2.31. The molecule has 0 saturated heterocycles. The molecule has 2 heteroatoms. The number of aliphatic imine (C=N–C) groups is 1. The maximum atomic E-state index is 4.41. The topological polar surface area (TPSA) is 24.4 Å². The molecule has 16 heavy (non-hydrogen) atoms. The van der Waals surface area contributed by atoms with Crippen LogP contribution in [0.3, 0.4) is 0 Å². The van der Waals surface area contributed by atoms with E-state index in [-0.39, 0.29) is 0 Å². The summed E-state index contributed by atoms with van der Waals surface area (Å²) >= 11 is 0. The molecule has 0 amide bonds. The molecule has 2 aliphatic rings. The van der Waals surface area contributed by atoms with E-state index in [0.717, 1.165) is 0 Å². The SMILES string of the molecule is CC1=CC=CC(NC2C=CC=NC2C)C1C. The summed E-state index contributed by atoms with van der Waals surface area (Å²) in [6.45, 7) is 6.62. The summed E-state index contributed by atoms with van der Waals surface area (Å²) in [5.41, 5.74) is 1.44. The zero-order valence-corrected chi connectivity index (χ0v) is 10.2. The fourth-order valence-corrected chi connectivity index (χ4v) is 2.15. The highest BCUT2D eigenvalue weighted by molar-refractivity contribution is 5.72. The second-order valence-electron chi connectivity index (χ2n) is 4.73. The van der Waals surface area contributed by atoms with Crippen LogP contribution >= 0.6 is 0 Å². The van der Waals surface area contributed by atoms with E-state index >= 15 is 0 Å². The highest BCUT2D eigenvalue weighted by Crippen LogP contribution is 2.21. The van der Waals surface area contributed by atoms with E-state index in [0.29, 0.717) is 24.0 Å². The van der Waals surface area contributed by atoms with Crippen LogP contribution in [0.1, 0.15) is 20.8 Å². The normalized spacial score (nSPS) is 37.6. The molecule has 1 heterocycles. The van der Waals surface area contributed by atoms with Crippen molar-refractivity contribution >= 4 is 6.21 Å². The molecule has 1 N–H and O–H groups in total. The molecule has 2 rings (SSSR count). The van der Waals surface area contributed by atoms with Gasteiger partial charge in [-0.2, -0.15) is 0 Å². The third-order valence-corrected chi connectivity index (χ3v) is 3.56. The Morgan fingerprint density at radius 2 is 1.88 bits per heavy atom. The van der Waals surface area contributed by atoms with E-state index in [1.54, 1.807) is 0 Å². The van der Waals surface area contributed by atoms with E-state index in [1.807, 2.05) is 12.3 Å². The molecule has 2 nitrogen and oxygen atoms in total. The Hall–Kier alpha value is -1.15. The number of nitrogens with one attached hydrogen (secondary N) is 1. The van der Waals surface area contributed by atoms with Gasteiger partial charge in [0.2, 0.25) is 0 Å². The Balaban J connectivity index is 2.00. The lowest BCUT2D eigenvalue weighted by Crippen LogP contribution is -2.46. The number of dihydropyridines is 1. The first-order valence-electron chi connectivity index (χ1n) is 5.99. The fraction of sp³-hybridized carbons (Fsp3) is 0.500. The highest BCUT2D eigenvalue weighted by Gasteiger charge is 2.23. The maximum Gasteiger partial charge on any atom is 0.0660 e. The predicted octanol–water partition coefficient (Wildman–Crippen LogP) is 2.49. The monoisotopic (exact) mass is 216 g/mol. The lowest BCUT2D eigenvalue weighted by molar-refractivity contribution is 0.414. The van der Waals surface area contributed by atoms with Crippen LogP contribution in [0.4, 0.5) is 0 Å². The molecule has 0 spiro atoms. The molecule has 0 saturated carbocycles. The minimum atomic E-state index is 0.330. The van der Waals surface area contributed by atoms with Crippen LogP contribution in [0, 0.1) is 5.92 Å². The van der Waals surface area contributed by atoms with Gasteiger partial charge in [0, 0.05) is 18.3 Å². The minimum Gasteiger partial charge on any atom is -0.302 e. The maximum absolute atomic E-state index is 4.41. The number of rotatable bonds is 2. The highest BCUT2D eigenvalue weighted by atomic mass is 15.0. The fourth-order valence-electron chi connectivity index (χ4n) is 2.15. The minimum absolute atomic E-state index is 0.330. The zero-order chi connectivity index (χ0) is 11.5. The van der Waals surface area contributed by atoms with Gasteiger partial charge in [-0.15, -0.1) is 0 Å². The van der Waals surface area contributed by atoms with Gasteiger partial charge in [0.25, 0.3) is 0 Å². The van der Waals surface area contributed by atoms with E-state index in [2.05, 4.69) is 55.4 Å². The van der Waals surface area contributed by atoms with Crippen LogP contribution in [-0.2, 0) is 0 Å². The Morgan fingerprint density at radius 3 is 2.62 bits per heavy atom. The Labute approximate surface area is 97.8 Å². The Kier molecular flexibility index (Phi) is 3.39. The van der Waals surface area contributed by atoms with Crippen LogP contribution in [0.25, 0.3) is 0 Å². The van der Waals surface area contributed by atoms with Gasteiger partial charge < -0.3 is 5.32 Å². The Morgan fingerprint density at radius 1 is 1.12 bits per heavy atom. The van der Waals surface area contributed by atoms with Crippen LogP contribution < -0.4 is 5.32 Å². The molecule has 0 aromatic rings. The summed E-state index contributed by atoms with van der Waals surface area (Å²) < 4.78 is 0. The molecule has 1 aliphatic carbocycles. The molecule has 0 fully saturated rings. The third kappa shape index (κ3) is 2.33. The van der Waals surface area contributed by atoms with Crippen molar-refractivity contribution in [2.45, 2.75) is 38.9 Å². The van der Waals surface area contributed by atoms with Gasteiger partial charge in [0.15, 0.2) is 0 Å². The quantitative estimate of drug-likeness (QED) is 0.753. The number of hydrogen-bond acceptors (Lipinski definition) is 2. The van der Waals surface area contributed by atoms with E-state index < -0.39 is 0 Å². The molecule has 0 aromatic heterocycles. The second-order valence-corrected chi connectivity index (χ2v) is 4.73. The summed E-state index contributed by atoms with van der Waals surface area (Å²) in [5.74, 6) is 0.566. The summed E-state index contributed by atoms with van der Waals surface area (Å²) in [6, 6.07) is 1.11. The van der Waals surface area contributed by atoms with Gasteiger partial charge in [-0.3, -0.25) is 4.99 Å². The third-order valence-electron chi connectivity index (χ3n) is 3.56. The second kappa shape index (κ2) is 4.79. The number of allylic oxidation sites excluding steroid dienone is 3. The average molecular weight is 216 g/mol. The first-order chi connectivity index (χ1) is 7.68. The van der Waals surface area contributed by atoms with Crippen LogP contribution in [0.5, 0.6) is 0 Å². The van der Waals surface area contributed by atoms with E-state index in [4.69, 9.17) is 0 Å². The van der Waals surface area contributed by atoms with Gasteiger partial charge >= 0.3 is 0 Å². The van der Waals surface area contributed by atoms with Gasteiger partial charge in [-0.05, 0) is 25.8 Å². The van der Waals surface area contributed by atoms with Crippen molar-refractivity contribution < 1.29 is 0 Å². The lowest BCUT2D eigenvalue weighted by atomic mass is 9.89. The van der Waals surface area contributed by atoms with Crippen LogP contribution in [0.15, 0.2) is 40.9 Å². The molecule has 4 unspecified atom stereocenters. The smallest absolute Gasteiger partial charge is 0.0660 e. The van der Waals surface area contributed by atoms with E-state index in [9.17, 15) is 0 Å². The van der Waals surface area contributed by atoms with Crippen molar-refractivity contribution in [1.29, 1.82) is 0 Å². The average Bonchev–Trinajstić information content (AvgIpc) is 2.28. The molecular formula is C14H20N2. The largest absolute Gasteiger partial charge is 0.302 e. The number of hydrogen-bond donors (Lipinski definition) is 1. The van der Waals surface area contributed by atoms with Crippen molar-refractivity contribution in [3.05, 3.63) is 36.0 Å². The van der Waals surface area contributed by atoms with Crippen molar-refractivity contribution in [2.24, 2.45) is 10.9 Å². The van der Waals surface area contributed by atoms with Crippen LogP contribution in [-0.4, -0.2) is 24.3 Å². The zero-order valence-electron chi connectivity index (χ0n) is 10.2. The summed E-state index contributed by atoms with van der Waals surface area (Å²) in [7, 11) is 0. The molecule has 0 radical (unpaired) electrons. The van der Waals surface area contributed by atoms with Crippen molar-refractivity contribution in [3.8, 4) is 0 Å². The molecule has 0 aromatic carbocycles. The molecule has 86 valence electrons. The summed E-state index contributed by atoms with van der Waals surface area (Å²) in [6.07, 6.45) is 12.7. The van der Waals surface area contributed by atoms with Crippen molar-refractivity contribution in [1.82, 2.24) is 5.32 Å². The van der Waals surface area contributed by atoms with E-state index in [1.165, 1.54) is 5.57 Å². The van der Waals surface area contributed by atoms with Crippen molar-refractivity contribution in [2.75, 3.05) is 0 Å². The number of nitrogens with zero attached hydrogens (tertiary/aromatic N) is 1. The standard InChI is InChI=1S/C14H20N2/c1-10-6-4-7-13(11(10)2)16-14-8-5-9-15-12(14)3/h4-9,11-14,16H,1-3H3. The summed E-state index contributed by atoms with van der Waals surface area (Å²) in [5, 5.41) is 3.66. The molecule has 1 aliphatic heterocycles. The predicted molar refractivity (Wildman–Crippen MR) is 69.9 cm³/mol. The first kappa shape index (κ1) is 11.3.